The summed E-state index contributed by atoms with van der Waals surface area (Å²) in [5.74, 6) is -0.696. The highest BCUT2D eigenvalue weighted by atomic mass is 35.5. The summed E-state index contributed by atoms with van der Waals surface area (Å²) in [6, 6.07) is 14.0. The van der Waals surface area contributed by atoms with Crippen LogP contribution in [0.25, 0.3) is 0 Å². The van der Waals surface area contributed by atoms with E-state index < -0.39 is 6.10 Å². The van der Waals surface area contributed by atoms with E-state index in [4.69, 9.17) is 11.6 Å². The molecule has 2 aromatic rings. The summed E-state index contributed by atoms with van der Waals surface area (Å²) in [4.78, 5) is 23.8. The summed E-state index contributed by atoms with van der Waals surface area (Å²) >= 11 is 5.99. The Labute approximate surface area is 145 Å². The Morgan fingerprint density at radius 3 is 2.46 bits per heavy atom. The first-order valence-corrected chi connectivity index (χ1v) is 7.90. The molecule has 0 aliphatic carbocycles. The fourth-order valence-corrected chi connectivity index (χ4v) is 2.47. The molecule has 2 rings (SSSR count). The van der Waals surface area contributed by atoms with Crippen molar-refractivity contribution in [2.75, 3.05) is 13.1 Å². The smallest absolute Gasteiger partial charge is 0.251 e. The Balaban J connectivity index is 1.81. The van der Waals surface area contributed by atoms with E-state index >= 15 is 0 Å². The van der Waals surface area contributed by atoms with Gasteiger partial charge < -0.3 is 15.7 Å². The lowest BCUT2D eigenvalue weighted by Gasteiger charge is -2.14. The molecule has 1 atom stereocenters. The number of hydrogen-bond donors (Lipinski definition) is 3. The van der Waals surface area contributed by atoms with Gasteiger partial charge in [0.1, 0.15) is 0 Å². The molecule has 0 fully saturated rings. The minimum absolute atomic E-state index is 0.0167. The van der Waals surface area contributed by atoms with Crippen LogP contribution in [0.5, 0.6) is 0 Å². The molecule has 24 heavy (non-hydrogen) atoms. The second kappa shape index (κ2) is 8.47. The minimum Gasteiger partial charge on any atom is -0.387 e. The fraction of sp³-hybridized carbons (Fsp3) is 0.222. The molecule has 5 nitrogen and oxygen atoms in total. The van der Waals surface area contributed by atoms with Gasteiger partial charge in [-0.2, -0.15) is 0 Å². The van der Waals surface area contributed by atoms with E-state index in [0.29, 0.717) is 16.1 Å². The van der Waals surface area contributed by atoms with Crippen molar-refractivity contribution in [2.24, 2.45) is 0 Å². The summed E-state index contributed by atoms with van der Waals surface area (Å²) in [6.07, 6.45) is -0.908. The maximum absolute atomic E-state index is 12.0. The molecule has 0 aromatic heterocycles. The normalized spacial score (nSPS) is 11.6. The molecule has 2 amide bonds. The number of amides is 2. The highest BCUT2D eigenvalue weighted by molar-refractivity contribution is 6.31. The lowest BCUT2D eigenvalue weighted by atomic mass is 10.1. The van der Waals surface area contributed by atoms with E-state index in [-0.39, 0.29) is 24.9 Å². The molecule has 1 unspecified atom stereocenters. The van der Waals surface area contributed by atoms with Crippen molar-refractivity contribution in [3.05, 3.63) is 70.2 Å². The molecular weight excluding hydrogens is 328 g/mol. The third-order valence-electron chi connectivity index (χ3n) is 3.56. The van der Waals surface area contributed by atoms with Crippen molar-refractivity contribution in [3.8, 4) is 0 Å². The Kier molecular flexibility index (Phi) is 6.35. The first-order chi connectivity index (χ1) is 11.5. The van der Waals surface area contributed by atoms with E-state index in [9.17, 15) is 14.7 Å². The standard InChI is InChI=1S/C18H19ClN2O3/c1-12-6-2-3-7-13(12)18(24)21-11-17(23)20-10-16(22)14-8-4-5-9-15(14)19/h2-9,16,22H,10-11H2,1H3,(H,20,23)(H,21,24). The number of halogens is 1. The van der Waals surface area contributed by atoms with Crippen LogP contribution in [0.1, 0.15) is 27.6 Å². The molecule has 0 spiro atoms. The van der Waals surface area contributed by atoms with E-state index in [1.165, 1.54) is 0 Å². The van der Waals surface area contributed by atoms with Crippen LogP contribution >= 0.6 is 11.6 Å². The van der Waals surface area contributed by atoms with Gasteiger partial charge in [-0.15, -0.1) is 0 Å². The van der Waals surface area contributed by atoms with Crippen LogP contribution in [0.4, 0.5) is 0 Å². The summed E-state index contributed by atoms with van der Waals surface area (Å²) in [5.41, 5.74) is 1.91. The number of hydrogen-bond acceptors (Lipinski definition) is 3. The molecule has 0 aliphatic rings. The second-order valence-corrected chi connectivity index (χ2v) is 5.75. The average molecular weight is 347 g/mol. The monoisotopic (exact) mass is 346 g/mol. The van der Waals surface area contributed by atoms with Gasteiger partial charge in [-0.1, -0.05) is 48.0 Å². The maximum atomic E-state index is 12.0. The van der Waals surface area contributed by atoms with Crippen molar-refractivity contribution in [1.82, 2.24) is 10.6 Å². The molecule has 3 N–H and O–H groups in total. The molecule has 6 heteroatoms. The number of aliphatic hydroxyl groups is 1. The third-order valence-corrected chi connectivity index (χ3v) is 3.90. The van der Waals surface area contributed by atoms with Crippen molar-refractivity contribution in [2.45, 2.75) is 13.0 Å². The molecular formula is C18H19ClN2O3. The fourth-order valence-electron chi connectivity index (χ4n) is 2.21. The van der Waals surface area contributed by atoms with Gasteiger partial charge in [-0.3, -0.25) is 9.59 Å². The van der Waals surface area contributed by atoms with Gasteiger partial charge in [0.2, 0.25) is 5.91 Å². The first-order valence-electron chi connectivity index (χ1n) is 7.52. The molecule has 126 valence electrons. The van der Waals surface area contributed by atoms with E-state index in [1.54, 1.807) is 36.4 Å². The van der Waals surface area contributed by atoms with Gasteiger partial charge in [0.15, 0.2) is 0 Å². The van der Waals surface area contributed by atoms with Gasteiger partial charge in [-0.05, 0) is 24.6 Å². The molecule has 0 aliphatic heterocycles. The number of carbonyl (C=O) groups excluding carboxylic acids is 2. The number of nitrogens with one attached hydrogen (secondary N) is 2. The van der Waals surface area contributed by atoms with Gasteiger partial charge in [0.25, 0.3) is 5.91 Å². The SMILES string of the molecule is Cc1ccccc1C(=O)NCC(=O)NCC(O)c1ccccc1Cl. The molecule has 0 saturated carbocycles. The number of carbonyl (C=O) groups is 2. The molecule has 0 heterocycles. The van der Waals surface area contributed by atoms with E-state index in [1.807, 2.05) is 19.1 Å². The van der Waals surface area contributed by atoms with Crippen LogP contribution in [-0.2, 0) is 4.79 Å². The zero-order valence-corrected chi connectivity index (χ0v) is 14.0. The van der Waals surface area contributed by atoms with E-state index in [2.05, 4.69) is 10.6 Å². The summed E-state index contributed by atoms with van der Waals surface area (Å²) in [5, 5.41) is 15.6. The topological polar surface area (TPSA) is 78.4 Å². The van der Waals surface area contributed by atoms with Gasteiger partial charge in [0, 0.05) is 22.7 Å². The van der Waals surface area contributed by atoms with Crippen LogP contribution in [0.15, 0.2) is 48.5 Å². The third kappa shape index (κ3) is 4.81. The van der Waals surface area contributed by atoms with Gasteiger partial charge >= 0.3 is 0 Å². The lowest BCUT2D eigenvalue weighted by Crippen LogP contribution is -2.38. The molecule has 2 aromatic carbocycles. The highest BCUT2D eigenvalue weighted by Crippen LogP contribution is 2.21. The van der Waals surface area contributed by atoms with Crippen LogP contribution in [-0.4, -0.2) is 30.0 Å². The summed E-state index contributed by atoms with van der Waals surface area (Å²) in [7, 11) is 0. The van der Waals surface area contributed by atoms with Crippen molar-refractivity contribution < 1.29 is 14.7 Å². The zero-order valence-electron chi connectivity index (χ0n) is 13.3. The van der Waals surface area contributed by atoms with Crippen molar-refractivity contribution in [3.63, 3.8) is 0 Å². The van der Waals surface area contributed by atoms with Crippen molar-refractivity contribution in [1.29, 1.82) is 0 Å². The average Bonchev–Trinajstić information content (AvgIpc) is 2.58. The minimum atomic E-state index is -0.908. The predicted octanol–water partition coefficient (Wildman–Crippen LogP) is 2.23. The maximum Gasteiger partial charge on any atom is 0.251 e. The predicted molar refractivity (Wildman–Crippen MR) is 92.9 cm³/mol. The largest absolute Gasteiger partial charge is 0.387 e. The Morgan fingerprint density at radius 2 is 1.75 bits per heavy atom. The van der Waals surface area contributed by atoms with Crippen LogP contribution in [0, 0.1) is 6.92 Å². The number of benzene rings is 2. The number of aliphatic hydroxyl groups excluding tert-OH is 1. The molecule has 0 bridgehead atoms. The first kappa shape index (κ1) is 18.0. The Bertz CT molecular complexity index is 734. The van der Waals surface area contributed by atoms with E-state index in [0.717, 1.165) is 5.56 Å². The van der Waals surface area contributed by atoms with Crippen LogP contribution in [0.3, 0.4) is 0 Å². The number of rotatable bonds is 6. The highest BCUT2D eigenvalue weighted by Gasteiger charge is 2.13. The number of aryl methyl sites for hydroxylation is 1. The molecule has 0 saturated heterocycles. The summed E-state index contributed by atoms with van der Waals surface area (Å²) < 4.78 is 0. The van der Waals surface area contributed by atoms with Crippen LogP contribution in [0.2, 0.25) is 5.02 Å². The van der Waals surface area contributed by atoms with Gasteiger partial charge in [-0.25, -0.2) is 0 Å². The Morgan fingerprint density at radius 1 is 1.08 bits per heavy atom. The molecule has 0 radical (unpaired) electrons. The Hall–Kier alpha value is -2.37. The summed E-state index contributed by atoms with van der Waals surface area (Å²) in [6.45, 7) is 1.68. The van der Waals surface area contributed by atoms with Crippen LogP contribution < -0.4 is 10.6 Å². The van der Waals surface area contributed by atoms with Crippen molar-refractivity contribution >= 4 is 23.4 Å². The quantitative estimate of drug-likeness (QED) is 0.750. The van der Waals surface area contributed by atoms with Gasteiger partial charge in [0.05, 0.1) is 12.6 Å². The lowest BCUT2D eigenvalue weighted by molar-refractivity contribution is -0.120. The second-order valence-electron chi connectivity index (χ2n) is 5.34. The zero-order chi connectivity index (χ0) is 17.5.